The highest BCUT2D eigenvalue weighted by molar-refractivity contribution is 6.31. The average molecular weight is 336 g/mol. The lowest BCUT2D eigenvalue weighted by atomic mass is 10.1. The minimum atomic E-state index is -0.255. The lowest BCUT2D eigenvalue weighted by Crippen LogP contribution is -2.25. The molecular formula is C17H22ClN3O2. The van der Waals surface area contributed by atoms with Crippen LogP contribution in [0.5, 0.6) is 5.75 Å². The summed E-state index contributed by atoms with van der Waals surface area (Å²) in [5, 5.41) is 7.94. The zero-order valence-corrected chi connectivity index (χ0v) is 14.9. The van der Waals surface area contributed by atoms with Gasteiger partial charge in [0, 0.05) is 0 Å². The lowest BCUT2D eigenvalue weighted by Gasteiger charge is -2.15. The van der Waals surface area contributed by atoms with Gasteiger partial charge in [0.2, 0.25) is 5.91 Å². The summed E-state index contributed by atoms with van der Waals surface area (Å²) in [7, 11) is 1.58. The van der Waals surface area contributed by atoms with Crippen molar-refractivity contribution in [2.75, 3.05) is 12.4 Å². The largest absolute Gasteiger partial charge is 0.495 e. The summed E-state index contributed by atoms with van der Waals surface area (Å²) < 4.78 is 7.06. The van der Waals surface area contributed by atoms with E-state index in [9.17, 15) is 4.79 Å². The van der Waals surface area contributed by atoms with Crippen molar-refractivity contribution in [1.29, 1.82) is 0 Å². The van der Waals surface area contributed by atoms with Crippen LogP contribution in [0.15, 0.2) is 18.2 Å². The number of carbonyl (C=O) groups excluding carboxylic acids is 1. The van der Waals surface area contributed by atoms with Gasteiger partial charge in [-0.15, -0.1) is 0 Å². The molecule has 0 bridgehead atoms. The summed E-state index contributed by atoms with van der Waals surface area (Å²) in [6.45, 7) is 8.06. The van der Waals surface area contributed by atoms with Crippen molar-refractivity contribution < 1.29 is 9.53 Å². The van der Waals surface area contributed by atoms with E-state index in [-0.39, 0.29) is 11.8 Å². The van der Waals surface area contributed by atoms with Gasteiger partial charge in [0.15, 0.2) is 0 Å². The minimum absolute atomic E-state index is 0.0856. The molecular weight excluding hydrogens is 314 g/mol. The number of hydrogen-bond donors (Lipinski definition) is 1. The highest BCUT2D eigenvalue weighted by atomic mass is 35.5. The summed E-state index contributed by atoms with van der Waals surface area (Å²) >= 11 is 6.15. The summed E-state index contributed by atoms with van der Waals surface area (Å²) in [6, 6.07) is 5.68. The third kappa shape index (κ3) is 3.85. The Balaban J connectivity index is 2.11. The van der Waals surface area contributed by atoms with Crippen molar-refractivity contribution in [3.8, 4) is 5.75 Å². The van der Waals surface area contributed by atoms with Gasteiger partial charge in [-0.25, -0.2) is 0 Å². The predicted molar refractivity (Wildman–Crippen MR) is 92.2 cm³/mol. The molecule has 23 heavy (non-hydrogen) atoms. The van der Waals surface area contributed by atoms with E-state index in [1.54, 1.807) is 11.8 Å². The van der Waals surface area contributed by atoms with E-state index >= 15 is 0 Å². The Labute approximate surface area is 141 Å². The van der Waals surface area contributed by atoms with E-state index in [0.29, 0.717) is 23.0 Å². The second kappa shape index (κ2) is 7.04. The van der Waals surface area contributed by atoms with E-state index in [4.69, 9.17) is 16.3 Å². The number of methoxy groups -OCH3 is 1. The highest BCUT2D eigenvalue weighted by Crippen LogP contribution is 2.26. The second-order valence-electron chi connectivity index (χ2n) is 5.76. The number of ether oxygens (including phenoxy) is 1. The van der Waals surface area contributed by atoms with Crippen LogP contribution in [-0.2, 0) is 11.3 Å². The fourth-order valence-electron chi connectivity index (χ4n) is 2.37. The molecule has 1 aromatic heterocycles. The molecule has 0 fully saturated rings. The van der Waals surface area contributed by atoms with Crippen LogP contribution in [-0.4, -0.2) is 22.8 Å². The smallest absolute Gasteiger partial charge is 0.229 e. The molecule has 5 nitrogen and oxygen atoms in total. The van der Waals surface area contributed by atoms with Gasteiger partial charge in [0.1, 0.15) is 5.75 Å². The van der Waals surface area contributed by atoms with Crippen LogP contribution in [0.25, 0.3) is 0 Å². The monoisotopic (exact) mass is 335 g/mol. The Kier molecular flexibility index (Phi) is 5.31. The van der Waals surface area contributed by atoms with Crippen LogP contribution in [0.3, 0.4) is 0 Å². The van der Waals surface area contributed by atoms with E-state index in [2.05, 4.69) is 10.4 Å². The van der Waals surface area contributed by atoms with Gasteiger partial charge in [0.25, 0.3) is 0 Å². The molecule has 1 amide bonds. The molecule has 1 heterocycles. The Morgan fingerprint density at radius 3 is 2.65 bits per heavy atom. The molecule has 1 N–H and O–H groups in total. The fourth-order valence-corrected chi connectivity index (χ4v) is 2.51. The van der Waals surface area contributed by atoms with Gasteiger partial charge in [0.05, 0.1) is 41.7 Å². The van der Waals surface area contributed by atoms with Crippen LogP contribution in [0.4, 0.5) is 5.69 Å². The molecule has 124 valence electrons. The maximum atomic E-state index is 12.5. The summed E-state index contributed by atoms with van der Waals surface area (Å²) in [5.41, 5.74) is 3.38. The first-order valence-electron chi connectivity index (χ1n) is 7.48. The second-order valence-corrected chi connectivity index (χ2v) is 6.14. The number of carbonyl (C=O) groups is 1. The first-order valence-corrected chi connectivity index (χ1v) is 7.86. The Hall–Kier alpha value is -2.01. The van der Waals surface area contributed by atoms with Crippen molar-refractivity contribution in [3.63, 3.8) is 0 Å². The number of aromatic nitrogens is 2. The summed E-state index contributed by atoms with van der Waals surface area (Å²) in [6.07, 6.45) is 0. The average Bonchev–Trinajstić information content (AvgIpc) is 2.74. The zero-order chi connectivity index (χ0) is 17.1. The fraction of sp³-hybridized carbons (Fsp3) is 0.412. The Bertz CT molecular complexity index is 725. The number of nitrogens with one attached hydrogen (secondary N) is 1. The molecule has 0 aliphatic carbocycles. The maximum absolute atomic E-state index is 12.5. The molecule has 0 saturated carbocycles. The zero-order valence-electron chi connectivity index (χ0n) is 14.1. The first-order chi connectivity index (χ1) is 10.8. The third-order valence-corrected chi connectivity index (χ3v) is 4.35. The van der Waals surface area contributed by atoms with E-state index in [1.807, 2.05) is 45.9 Å². The quantitative estimate of drug-likeness (QED) is 0.905. The number of nitrogens with zero attached hydrogens (tertiary/aromatic N) is 2. The number of aryl methyl sites for hydroxylation is 2. The van der Waals surface area contributed by atoms with Crippen LogP contribution in [0.2, 0.25) is 5.02 Å². The van der Waals surface area contributed by atoms with Gasteiger partial charge in [-0.05, 0) is 38.5 Å². The van der Waals surface area contributed by atoms with Crippen molar-refractivity contribution in [2.45, 2.75) is 34.2 Å². The number of halogens is 1. The molecule has 0 aliphatic rings. The first kappa shape index (κ1) is 17.3. The topological polar surface area (TPSA) is 56.1 Å². The number of anilines is 1. The number of hydrogen-bond acceptors (Lipinski definition) is 3. The van der Waals surface area contributed by atoms with Gasteiger partial charge in [-0.2, -0.15) is 5.10 Å². The van der Waals surface area contributed by atoms with Crippen LogP contribution < -0.4 is 10.1 Å². The number of benzene rings is 1. The van der Waals surface area contributed by atoms with Gasteiger partial charge in [-0.1, -0.05) is 24.6 Å². The predicted octanol–water partition coefficient (Wildman–Crippen LogP) is 3.75. The molecule has 1 aromatic carbocycles. The van der Waals surface area contributed by atoms with Gasteiger partial charge in [-0.3, -0.25) is 9.48 Å². The van der Waals surface area contributed by atoms with Gasteiger partial charge >= 0.3 is 0 Å². The Morgan fingerprint density at radius 1 is 1.39 bits per heavy atom. The van der Waals surface area contributed by atoms with Crippen molar-refractivity contribution in [2.24, 2.45) is 5.92 Å². The highest BCUT2D eigenvalue weighted by Gasteiger charge is 2.18. The Morgan fingerprint density at radius 2 is 2.09 bits per heavy atom. The molecule has 2 aromatic rings. The minimum Gasteiger partial charge on any atom is -0.495 e. The van der Waals surface area contributed by atoms with Crippen molar-refractivity contribution in [3.05, 3.63) is 40.2 Å². The molecule has 0 aliphatic heterocycles. The van der Waals surface area contributed by atoms with E-state index < -0.39 is 0 Å². The van der Waals surface area contributed by atoms with Crippen molar-refractivity contribution >= 4 is 23.2 Å². The van der Waals surface area contributed by atoms with E-state index in [1.165, 1.54) is 0 Å². The standard InChI is InChI=1S/C17H22ClN3O2/c1-10-6-7-15(23-5)14(8-10)19-17(22)11(2)9-21-13(4)16(18)12(3)20-21/h6-8,11H,9H2,1-5H3,(H,19,22)/t11-/m1/s1. The molecule has 0 saturated heterocycles. The van der Waals surface area contributed by atoms with E-state index in [0.717, 1.165) is 17.0 Å². The number of rotatable bonds is 5. The molecule has 0 spiro atoms. The molecule has 1 atom stereocenters. The van der Waals surface area contributed by atoms with Crippen LogP contribution >= 0.6 is 11.6 Å². The molecule has 2 rings (SSSR count). The van der Waals surface area contributed by atoms with Crippen molar-refractivity contribution in [1.82, 2.24) is 9.78 Å². The molecule has 6 heteroatoms. The van der Waals surface area contributed by atoms with Crippen LogP contribution in [0.1, 0.15) is 23.9 Å². The van der Waals surface area contributed by atoms with Gasteiger partial charge < -0.3 is 10.1 Å². The third-order valence-electron chi connectivity index (χ3n) is 3.80. The summed E-state index contributed by atoms with van der Waals surface area (Å²) in [4.78, 5) is 12.5. The maximum Gasteiger partial charge on any atom is 0.229 e. The SMILES string of the molecule is COc1ccc(C)cc1NC(=O)[C@H](C)Cn1nc(C)c(Cl)c1C. The van der Waals surface area contributed by atoms with Crippen LogP contribution in [0, 0.1) is 26.7 Å². The lowest BCUT2D eigenvalue weighted by molar-refractivity contribution is -0.119. The summed E-state index contributed by atoms with van der Waals surface area (Å²) in [5.74, 6) is 0.303. The number of amides is 1. The molecule has 0 radical (unpaired) electrons. The normalized spacial score (nSPS) is 12.1. The molecule has 0 unspecified atom stereocenters.